The molecule has 0 unspecified atom stereocenters. The molecule has 1 amide bonds. The molecule has 1 aliphatic heterocycles. The third kappa shape index (κ3) is 4.48. The zero-order chi connectivity index (χ0) is 23.9. The maximum Gasteiger partial charge on any atom is 0.253 e. The van der Waals surface area contributed by atoms with E-state index >= 15 is 0 Å². The molecule has 1 fully saturated rings. The van der Waals surface area contributed by atoms with Crippen LogP contribution in [-0.4, -0.2) is 29.8 Å². The molecule has 2 heterocycles. The van der Waals surface area contributed by atoms with Gasteiger partial charge in [0.25, 0.3) is 11.8 Å². The van der Waals surface area contributed by atoms with E-state index in [9.17, 15) is 13.6 Å². The average Bonchev–Trinajstić information content (AvgIpc) is 3.27. The standard InChI is InChI=1S/C28H26F2N2OS/c1-18-2-4-20(5-3-18)25-16-22(14-23-15-24(17-31)34-26(23)25)19-6-8-21(9-7-19)27(33)32-12-10-28(29,30)11-13-32/h2-9,14-16H,10-13,17,31H2,1H3. The van der Waals surface area contributed by atoms with Gasteiger partial charge < -0.3 is 10.6 Å². The molecule has 0 atom stereocenters. The number of likely N-dealkylation sites (tertiary alicyclic amines) is 1. The minimum Gasteiger partial charge on any atom is -0.338 e. The topological polar surface area (TPSA) is 46.3 Å². The second-order valence-electron chi connectivity index (χ2n) is 8.95. The first-order chi connectivity index (χ1) is 16.3. The number of nitrogens with zero attached hydrogens (tertiary/aromatic N) is 1. The molecule has 0 spiro atoms. The number of benzene rings is 3. The number of alkyl halides is 2. The number of amides is 1. The third-order valence-electron chi connectivity index (χ3n) is 6.48. The lowest BCUT2D eigenvalue weighted by molar-refractivity contribution is -0.0494. The number of carbonyl (C=O) groups excluding carboxylic acids is 1. The zero-order valence-electron chi connectivity index (χ0n) is 19.0. The molecule has 0 aliphatic carbocycles. The molecule has 1 saturated heterocycles. The Balaban J connectivity index is 1.48. The fourth-order valence-corrected chi connectivity index (χ4v) is 5.50. The maximum atomic E-state index is 13.5. The lowest BCUT2D eigenvalue weighted by Gasteiger charge is -2.31. The van der Waals surface area contributed by atoms with Gasteiger partial charge in [-0.1, -0.05) is 42.0 Å². The molecule has 0 radical (unpaired) electrons. The zero-order valence-corrected chi connectivity index (χ0v) is 19.8. The van der Waals surface area contributed by atoms with Crippen LogP contribution in [0, 0.1) is 6.92 Å². The van der Waals surface area contributed by atoms with Crippen LogP contribution in [0.2, 0.25) is 0 Å². The van der Waals surface area contributed by atoms with Gasteiger partial charge in [0.2, 0.25) is 0 Å². The minimum absolute atomic E-state index is 0.0891. The lowest BCUT2D eigenvalue weighted by Crippen LogP contribution is -2.42. The van der Waals surface area contributed by atoms with Crippen LogP contribution in [-0.2, 0) is 6.54 Å². The largest absolute Gasteiger partial charge is 0.338 e. The summed E-state index contributed by atoms with van der Waals surface area (Å²) in [5.74, 6) is -2.86. The quantitative estimate of drug-likeness (QED) is 0.349. The molecular weight excluding hydrogens is 450 g/mol. The van der Waals surface area contributed by atoms with Gasteiger partial charge in [0.15, 0.2) is 0 Å². The van der Waals surface area contributed by atoms with E-state index in [1.165, 1.54) is 15.2 Å². The van der Waals surface area contributed by atoms with Crippen LogP contribution in [0.1, 0.15) is 33.6 Å². The van der Waals surface area contributed by atoms with E-state index in [4.69, 9.17) is 5.73 Å². The van der Waals surface area contributed by atoms with Gasteiger partial charge in [-0.25, -0.2) is 8.78 Å². The van der Waals surface area contributed by atoms with Crippen LogP contribution in [0.4, 0.5) is 8.78 Å². The average molecular weight is 477 g/mol. The second-order valence-corrected chi connectivity index (χ2v) is 10.1. The van der Waals surface area contributed by atoms with Crippen LogP contribution < -0.4 is 5.73 Å². The Morgan fingerprint density at radius 3 is 2.24 bits per heavy atom. The Bertz CT molecular complexity index is 1330. The van der Waals surface area contributed by atoms with Crippen LogP contribution in [0.5, 0.6) is 0 Å². The summed E-state index contributed by atoms with van der Waals surface area (Å²) < 4.78 is 28.1. The monoisotopic (exact) mass is 476 g/mol. The molecule has 0 bridgehead atoms. The van der Waals surface area contributed by atoms with Crippen LogP contribution in [0.15, 0.2) is 66.7 Å². The first-order valence-corrected chi connectivity index (χ1v) is 12.3. The van der Waals surface area contributed by atoms with E-state index in [-0.39, 0.29) is 31.8 Å². The Hall–Kier alpha value is -3.09. The molecule has 3 nitrogen and oxygen atoms in total. The van der Waals surface area contributed by atoms with Gasteiger partial charge in [0.05, 0.1) is 0 Å². The number of piperidine rings is 1. The fourth-order valence-electron chi connectivity index (χ4n) is 4.45. The van der Waals surface area contributed by atoms with Crippen LogP contribution in [0.3, 0.4) is 0 Å². The molecule has 1 aliphatic rings. The molecule has 4 aromatic rings. The maximum absolute atomic E-state index is 13.5. The molecule has 2 N–H and O–H groups in total. The van der Waals surface area contributed by atoms with Crippen molar-refractivity contribution in [1.82, 2.24) is 4.90 Å². The number of thiophene rings is 1. The summed E-state index contributed by atoms with van der Waals surface area (Å²) >= 11 is 1.72. The van der Waals surface area contributed by atoms with Crippen molar-refractivity contribution < 1.29 is 13.6 Å². The number of carbonyl (C=O) groups is 1. The molecule has 174 valence electrons. The number of nitrogens with two attached hydrogens (primary N) is 1. The van der Waals surface area contributed by atoms with Crippen LogP contribution >= 0.6 is 11.3 Å². The van der Waals surface area contributed by atoms with E-state index in [2.05, 4.69) is 49.4 Å². The van der Waals surface area contributed by atoms with E-state index in [1.807, 2.05) is 12.1 Å². The summed E-state index contributed by atoms with van der Waals surface area (Å²) in [4.78, 5) is 15.5. The van der Waals surface area contributed by atoms with Gasteiger partial charge in [-0.3, -0.25) is 4.79 Å². The SMILES string of the molecule is Cc1ccc(-c2cc(-c3ccc(C(=O)N4CCC(F)(F)CC4)cc3)cc3cc(CN)sc23)cc1. The number of hydrogen-bond acceptors (Lipinski definition) is 3. The molecule has 34 heavy (non-hydrogen) atoms. The van der Waals surface area contributed by atoms with Crippen molar-refractivity contribution in [2.24, 2.45) is 5.73 Å². The first-order valence-electron chi connectivity index (χ1n) is 11.4. The highest BCUT2D eigenvalue weighted by Gasteiger charge is 2.35. The van der Waals surface area contributed by atoms with Gasteiger partial charge in [-0.15, -0.1) is 11.3 Å². The predicted molar refractivity (Wildman–Crippen MR) is 135 cm³/mol. The van der Waals surface area contributed by atoms with Gasteiger partial charge in [0, 0.05) is 53.2 Å². The van der Waals surface area contributed by atoms with Crippen molar-refractivity contribution in [3.8, 4) is 22.3 Å². The molecule has 0 saturated carbocycles. The summed E-state index contributed by atoms with van der Waals surface area (Å²) in [6.07, 6.45) is -0.548. The summed E-state index contributed by atoms with van der Waals surface area (Å²) in [6.45, 7) is 2.75. The molecule has 3 aromatic carbocycles. The highest BCUT2D eigenvalue weighted by molar-refractivity contribution is 7.19. The van der Waals surface area contributed by atoms with Crippen molar-refractivity contribution in [1.29, 1.82) is 0 Å². The summed E-state index contributed by atoms with van der Waals surface area (Å²) in [5.41, 5.74) is 12.0. The Labute approximate surface area is 201 Å². The van der Waals surface area contributed by atoms with Gasteiger partial charge in [-0.05, 0) is 59.3 Å². The minimum atomic E-state index is -2.67. The van der Waals surface area contributed by atoms with Crippen molar-refractivity contribution in [2.45, 2.75) is 32.2 Å². The van der Waals surface area contributed by atoms with Crippen molar-refractivity contribution in [2.75, 3.05) is 13.1 Å². The van der Waals surface area contributed by atoms with Gasteiger partial charge in [0.1, 0.15) is 0 Å². The predicted octanol–water partition coefficient (Wildman–Crippen LogP) is 6.87. The Morgan fingerprint density at radius 1 is 0.941 bits per heavy atom. The Kier molecular flexibility index (Phi) is 5.96. The summed E-state index contributed by atoms with van der Waals surface area (Å²) in [5, 5.41) is 1.15. The van der Waals surface area contributed by atoms with Crippen molar-refractivity contribution in [3.05, 3.63) is 82.7 Å². The number of aryl methyl sites for hydroxylation is 1. The van der Waals surface area contributed by atoms with E-state index in [0.717, 1.165) is 32.5 Å². The summed E-state index contributed by atoms with van der Waals surface area (Å²) in [6, 6.07) is 22.4. The van der Waals surface area contributed by atoms with Crippen molar-refractivity contribution >= 4 is 27.3 Å². The first kappa shape index (κ1) is 22.7. The smallest absolute Gasteiger partial charge is 0.253 e. The number of halogens is 2. The summed E-state index contributed by atoms with van der Waals surface area (Å²) in [7, 11) is 0. The third-order valence-corrected chi connectivity index (χ3v) is 7.68. The number of rotatable bonds is 4. The molecular formula is C28H26F2N2OS. The fraction of sp³-hybridized carbons (Fsp3) is 0.250. The van der Waals surface area contributed by atoms with E-state index in [0.29, 0.717) is 12.1 Å². The van der Waals surface area contributed by atoms with E-state index in [1.54, 1.807) is 23.5 Å². The lowest BCUT2D eigenvalue weighted by atomic mass is 9.96. The van der Waals surface area contributed by atoms with Crippen molar-refractivity contribution in [3.63, 3.8) is 0 Å². The van der Waals surface area contributed by atoms with E-state index < -0.39 is 5.92 Å². The van der Waals surface area contributed by atoms with Gasteiger partial charge in [-0.2, -0.15) is 0 Å². The highest BCUT2D eigenvalue weighted by Crippen LogP contribution is 2.39. The Morgan fingerprint density at radius 2 is 1.59 bits per heavy atom. The normalized spacial score (nSPS) is 15.6. The number of hydrogen-bond donors (Lipinski definition) is 1. The molecule has 6 heteroatoms. The molecule has 5 rings (SSSR count). The number of fused-ring (bicyclic) bond motifs is 1. The van der Waals surface area contributed by atoms with Gasteiger partial charge >= 0.3 is 0 Å². The van der Waals surface area contributed by atoms with Crippen LogP contribution in [0.25, 0.3) is 32.3 Å². The second kappa shape index (κ2) is 8.93. The highest BCUT2D eigenvalue weighted by atomic mass is 32.1. The molecule has 1 aromatic heterocycles.